The highest BCUT2D eigenvalue weighted by Gasteiger charge is 2.07. The van der Waals surface area contributed by atoms with Gasteiger partial charge >= 0.3 is 5.97 Å². The van der Waals surface area contributed by atoms with Crippen molar-refractivity contribution in [2.45, 2.75) is 13.0 Å². The summed E-state index contributed by atoms with van der Waals surface area (Å²) in [4.78, 5) is 14.7. The number of anilines is 1. The third-order valence-electron chi connectivity index (χ3n) is 2.50. The molecule has 0 saturated heterocycles. The monoisotopic (exact) mass is 280 g/mol. The van der Waals surface area contributed by atoms with E-state index in [0.29, 0.717) is 17.4 Å². The number of aromatic carboxylic acids is 1. The number of aromatic nitrogens is 3. The van der Waals surface area contributed by atoms with Crippen LogP contribution >= 0.6 is 11.6 Å². The molecule has 7 heteroatoms. The normalized spacial score (nSPS) is 10.4. The van der Waals surface area contributed by atoms with E-state index in [0.717, 1.165) is 13.0 Å². The number of nitrogens with zero attached hydrogens (tertiary/aromatic N) is 3. The number of nitrogens with one attached hydrogen (secondary N) is 1. The summed E-state index contributed by atoms with van der Waals surface area (Å²) >= 11 is 5.95. The molecule has 2 rings (SSSR count). The molecular formula is C12H13ClN4O2. The zero-order valence-corrected chi connectivity index (χ0v) is 10.8. The van der Waals surface area contributed by atoms with Gasteiger partial charge in [-0.05, 0) is 18.6 Å². The van der Waals surface area contributed by atoms with Crippen LogP contribution in [0.3, 0.4) is 0 Å². The molecule has 0 aliphatic carbocycles. The number of pyridine rings is 1. The molecule has 0 saturated carbocycles. The minimum Gasteiger partial charge on any atom is -0.478 e. The molecule has 0 aliphatic heterocycles. The van der Waals surface area contributed by atoms with E-state index in [9.17, 15) is 4.79 Å². The highest BCUT2D eigenvalue weighted by atomic mass is 35.5. The Kier molecular flexibility index (Phi) is 4.35. The third kappa shape index (κ3) is 3.69. The molecule has 0 atom stereocenters. The molecule has 6 nitrogen and oxygen atoms in total. The summed E-state index contributed by atoms with van der Waals surface area (Å²) in [5, 5.41) is 16.3. The van der Waals surface area contributed by atoms with Crippen molar-refractivity contribution >= 4 is 23.4 Å². The van der Waals surface area contributed by atoms with Crippen molar-refractivity contribution in [2.75, 3.05) is 11.9 Å². The van der Waals surface area contributed by atoms with E-state index in [4.69, 9.17) is 16.7 Å². The molecule has 0 bridgehead atoms. The fourth-order valence-corrected chi connectivity index (χ4v) is 1.80. The van der Waals surface area contributed by atoms with Gasteiger partial charge in [-0.2, -0.15) is 5.10 Å². The summed E-state index contributed by atoms with van der Waals surface area (Å²) in [6, 6.07) is 3.25. The first-order valence-electron chi connectivity index (χ1n) is 5.77. The topological polar surface area (TPSA) is 80.0 Å². The van der Waals surface area contributed by atoms with Gasteiger partial charge in [0.05, 0.1) is 10.6 Å². The Morgan fingerprint density at radius 1 is 1.53 bits per heavy atom. The molecular weight excluding hydrogens is 268 g/mol. The molecule has 2 aromatic rings. The van der Waals surface area contributed by atoms with Crippen LogP contribution in [-0.2, 0) is 6.54 Å². The van der Waals surface area contributed by atoms with Crippen LogP contribution in [-0.4, -0.2) is 32.4 Å². The predicted octanol–water partition coefficient (Wildman–Crippen LogP) is 2.13. The van der Waals surface area contributed by atoms with E-state index in [1.807, 2.05) is 16.9 Å². The Balaban J connectivity index is 1.84. The van der Waals surface area contributed by atoms with Gasteiger partial charge in [0, 0.05) is 31.7 Å². The molecule has 0 radical (unpaired) electrons. The quantitative estimate of drug-likeness (QED) is 0.793. The predicted molar refractivity (Wildman–Crippen MR) is 71.5 cm³/mol. The molecule has 0 fully saturated rings. The van der Waals surface area contributed by atoms with Crippen molar-refractivity contribution in [3.05, 3.63) is 41.3 Å². The fraction of sp³-hybridized carbons (Fsp3) is 0.250. The number of hydrogen-bond donors (Lipinski definition) is 2. The van der Waals surface area contributed by atoms with E-state index in [1.165, 1.54) is 12.3 Å². The van der Waals surface area contributed by atoms with Gasteiger partial charge < -0.3 is 10.4 Å². The number of carbonyl (C=O) groups is 1. The van der Waals surface area contributed by atoms with E-state index in [1.54, 1.807) is 6.20 Å². The Hall–Kier alpha value is -2.08. The van der Waals surface area contributed by atoms with Gasteiger partial charge in [0.15, 0.2) is 0 Å². The van der Waals surface area contributed by atoms with Gasteiger partial charge in [-0.1, -0.05) is 11.6 Å². The number of carboxylic acids is 1. The molecule has 0 unspecified atom stereocenters. The number of carboxylic acid groups (broad SMARTS) is 1. The average molecular weight is 281 g/mol. The van der Waals surface area contributed by atoms with E-state index in [2.05, 4.69) is 15.4 Å². The van der Waals surface area contributed by atoms with Crippen LogP contribution in [0.15, 0.2) is 30.7 Å². The second-order valence-electron chi connectivity index (χ2n) is 3.91. The first-order chi connectivity index (χ1) is 9.16. The summed E-state index contributed by atoms with van der Waals surface area (Å²) in [5.74, 6) is -0.549. The van der Waals surface area contributed by atoms with E-state index in [-0.39, 0.29) is 5.56 Å². The highest BCUT2D eigenvalue weighted by molar-refractivity contribution is 6.33. The maximum atomic E-state index is 10.7. The van der Waals surface area contributed by atoms with Gasteiger partial charge in [0.1, 0.15) is 5.82 Å². The van der Waals surface area contributed by atoms with Crippen molar-refractivity contribution < 1.29 is 9.90 Å². The Labute approximate surface area is 115 Å². The SMILES string of the molecule is O=C(O)c1cnc(NCCCn2cccn2)c(Cl)c1. The first-order valence-corrected chi connectivity index (χ1v) is 6.15. The third-order valence-corrected chi connectivity index (χ3v) is 2.79. The number of rotatable bonds is 6. The maximum absolute atomic E-state index is 10.7. The molecule has 100 valence electrons. The van der Waals surface area contributed by atoms with Crippen LogP contribution < -0.4 is 5.32 Å². The largest absolute Gasteiger partial charge is 0.478 e. The van der Waals surface area contributed by atoms with Gasteiger partial charge in [-0.3, -0.25) is 4.68 Å². The standard InChI is InChI=1S/C12H13ClN4O2/c13-10-7-9(12(18)19)8-15-11(10)14-3-1-5-17-6-2-4-16-17/h2,4,6-8H,1,3,5H2,(H,14,15)(H,18,19). The van der Waals surface area contributed by atoms with Crippen LogP contribution in [0.4, 0.5) is 5.82 Å². The molecule has 2 N–H and O–H groups in total. The first kappa shape index (κ1) is 13.4. The number of hydrogen-bond acceptors (Lipinski definition) is 4. The molecule has 0 spiro atoms. The summed E-state index contributed by atoms with van der Waals surface area (Å²) in [7, 11) is 0. The van der Waals surface area contributed by atoms with Crippen LogP contribution in [0, 0.1) is 0 Å². The zero-order valence-electron chi connectivity index (χ0n) is 10.1. The van der Waals surface area contributed by atoms with Crippen molar-refractivity contribution in [1.29, 1.82) is 0 Å². The molecule has 0 aromatic carbocycles. The molecule has 0 aliphatic rings. The van der Waals surface area contributed by atoms with Gasteiger partial charge in [-0.15, -0.1) is 0 Å². The highest BCUT2D eigenvalue weighted by Crippen LogP contribution is 2.19. The van der Waals surface area contributed by atoms with Crippen LogP contribution in [0.1, 0.15) is 16.8 Å². The van der Waals surface area contributed by atoms with Crippen LogP contribution in [0.2, 0.25) is 5.02 Å². The Morgan fingerprint density at radius 2 is 2.37 bits per heavy atom. The summed E-state index contributed by atoms with van der Waals surface area (Å²) in [6.45, 7) is 1.48. The van der Waals surface area contributed by atoms with Crippen molar-refractivity contribution in [3.63, 3.8) is 0 Å². The second kappa shape index (κ2) is 6.19. The second-order valence-corrected chi connectivity index (χ2v) is 4.32. The Bertz CT molecular complexity index is 557. The van der Waals surface area contributed by atoms with Crippen molar-refractivity contribution in [2.24, 2.45) is 0 Å². The zero-order chi connectivity index (χ0) is 13.7. The number of halogens is 1. The minimum absolute atomic E-state index is 0.0760. The summed E-state index contributed by atoms with van der Waals surface area (Å²) in [6.07, 6.45) is 5.77. The van der Waals surface area contributed by atoms with Gasteiger partial charge in [0.25, 0.3) is 0 Å². The smallest absolute Gasteiger partial charge is 0.337 e. The lowest BCUT2D eigenvalue weighted by Gasteiger charge is -2.07. The minimum atomic E-state index is -1.04. The molecule has 0 amide bonds. The molecule has 2 aromatic heterocycles. The lowest BCUT2D eigenvalue weighted by molar-refractivity contribution is 0.0696. The lowest BCUT2D eigenvalue weighted by Crippen LogP contribution is -2.09. The molecule has 2 heterocycles. The van der Waals surface area contributed by atoms with E-state index >= 15 is 0 Å². The van der Waals surface area contributed by atoms with Gasteiger partial charge in [0.2, 0.25) is 0 Å². The number of aryl methyl sites for hydroxylation is 1. The van der Waals surface area contributed by atoms with Crippen LogP contribution in [0.25, 0.3) is 0 Å². The fourth-order valence-electron chi connectivity index (χ4n) is 1.57. The summed E-state index contributed by atoms with van der Waals surface area (Å²) in [5.41, 5.74) is 0.0760. The van der Waals surface area contributed by atoms with Crippen molar-refractivity contribution in [3.8, 4) is 0 Å². The Morgan fingerprint density at radius 3 is 3.00 bits per heavy atom. The van der Waals surface area contributed by atoms with Crippen LogP contribution in [0.5, 0.6) is 0 Å². The average Bonchev–Trinajstić information content (AvgIpc) is 2.89. The van der Waals surface area contributed by atoms with Gasteiger partial charge in [-0.25, -0.2) is 9.78 Å². The lowest BCUT2D eigenvalue weighted by atomic mass is 10.3. The van der Waals surface area contributed by atoms with Crippen molar-refractivity contribution in [1.82, 2.24) is 14.8 Å². The summed E-state index contributed by atoms with van der Waals surface area (Å²) < 4.78 is 1.84. The van der Waals surface area contributed by atoms with E-state index < -0.39 is 5.97 Å². The molecule has 19 heavy (non-hydrogen) atoms. The maximum Gasteiger partial charge on any atom is 0.337 e.